The zero-order chi connectivity index (χ0) is 13.0. The molecule has 0 spiro atoms. The summed E-state index contributed by atoms with van der Waals surface area (Å²) in [5.74, 6) is -0.854. The van der Waals surface area contributed by atoms with Crippen molar-refractivity contribution in [1.82, 2.24) is 16.0 Å². The van der Waals surface area contributed by atoms with Gasteiger partial charge in [0.2, 0.25) is 11.8 Å². The summed E-state index contributed by atoms with van der Waals surface area (Å²) in [6.45, 7) is 3.00. The Kier molecular flexibility index (Phi) is 4.74. The minimum atomic E-state index is -0.795. The molecule has 0 radical (unpaired) electrons. The number of halogens is 1. The molecule has 7 heteroatoms. The number of carbonyl (C=O) groups is 3. The lowest BCUT2D eigenvalue weighted by atomic mass is 10.3. The molecule has 1 saturated carbocycles. The molecule has 0 aromatic heterocycles. The van der Waals surface area contributed by atoms with Crippen LogP contribution in [0, 0.1) is 0 Å². The van der Waals surface area contributed by atoms with Crippen LogP contribution in [0.2, 0.25) is 0 Å². The van der Waals surface area contributed by atoms with E-state index in [9.17, 15) is 14.4 Å². The number of alkyl halides is 1. The van der Waals surface area contributed by atoms with E-state index in [2.05, 4.69) is 10.6 Å². The standard InChI is InChI=1S/C10H16ClN3O3/c1-5(11)8(15)14-10(17)12-6(2)9(16)13-7-3-4-7/h5-7H,3-4H2,1-2H3,(H,13,16)(H2,12,14,15,17). The highest BCUT2D eigenvalue weighted by Crippen LogP contribution is 2.18. The average molecular weight is 262 g/mol. The first-order valence-corrected chi connectivity index (χ1v) is 5.89. The SMILES string of the molecule is CC(Cl)C(=O)NC(=O)NC(C)C(=O)NC1CC1. The molecule has 3 N–H and O–H groups in total. The largest absolute Gasteiger partial charge is 0.352 e. The van der Waals surface area contributed by atoms with Gasteiger partial charge in [0.1, 0.15) is 11.4 Å². The molecule has 0 aliphatic heterocycles. The number of carbonyl (C=O) groups excluding carboxylic acids is 3. The van der Waals surface area contributed by atoms with Gasteiger partial charge in [-0.2, -0.15) is 0 Å². The Morgan fingerprint density at radius 3 is 2.24 bits per heavy atom. The maximum atomic E-state index is 11.5. The number of hydrogen-bond acceptors (Lipinski definition) is 3. The van der Waals surface area contributed by atoms with E-state index in [0.717, 1.165) is 12.8 Å². The van der Waals surface area contributed by atoms with Crippen molar-refractivity contribution < 1.29 is 14.4 Å². The Morgan fingerprint density at radius 1 is 1.18 bits per heavy atom. The predicted octanol–water partition coefficient (Wildman–Crippen LogP) is 0.107. The second-order valence-corrected chi connectivity index (χ2v) is 4.74. The summed E-state index contributed by atoms with van der Waals surface area (Å²) >= 11 is 5.48. The Balaban J connectivity index is 2.28. The predicted molar refractivity (Wildman–Crippen MR) is 62.6 cm³/mol. The van der Waals surface area contributed by atoms with Gasteiger partial charge in [-0.25, -0.2) is 4.79 Å². The maximum Gasteiger partial charge on any atom is 0.322 e. The molecule has 1 rings (SSSR count). The topological polar surface area (TPSA) is 87.3 Å². The van der Waals surface area contributed by atoms with Crippen LogP contribution in [0.25, 0.3) is 0 Å². The molecule has 1 aliphatic rings. The van der Waals surface area contributed by atoms with Crippen LogP contribution in [0.1, 0.15) is 26.7 Å². The summed E-state index contributed by atoms with van der Waals surface area (Å²) in [5, 5.41) is 6.34. The first-order chi connectivity index (χ1) is 7.90. The van der Waals surface area contributed by atoms with Crippen LogP contribution in [0.3, 0.4) is 0 Å². The Hall–Kier alpha value is -1.30. The third kappa shape index (κ3) is 5.04. The van der Waals surface area contributed by atoms with Crippen LogP contribution in [-0.4, -0.2) is 35.3 Å². The second kappa shape index (κ2) is 5.86. The molecule has 0 heterocycles. The van der Waals surface area contributed by atoms with E-state index in [1.807, 2.05) is 5.32 Å². The van der Waals surface area contributed by atoms with Crippen molar-refractivity contribution in [3.05, 3.63) is 0 Å². The molecule has 0 saturated heterocycles. The fourth-order valence-electron chi connectivity index (χ4n) is 1.06. The third-order valence-corrected chi connectivity index (χ3v) is 2.46. The smallest absolute Gasteiger partial charge is 0.322 e. The van der Waals surface area contributed by atoms with Crippen LogP contribution in [-0.2, 0) is 9.59 Å². The zero-order valence-corrected chi connectivity index (χ0v) is 10.5. The first kappa shape index (κ1) is 13.8. The van der Waals surface area contributed by atoms with Crippen molar-refractivity contribution in [2.45, 2.75) is 44.1 Å². The van der Waals surface area contributed by atoms with E-state index < -0.39 is 23.4 Å². The molecule has 96 valence electrons. The summed E-state index contributed by atoms with van der Waals surface area (Å²) < 4.78 is 0. The lowest BCUT2D eigenvalue weighted by Gasteiger charge is -2.14. The fourth-order valence-corrected chi connectivity index (χ4v) is 1.12. The van der Waals surface area contributed by atoms with E-state index in [1.165, 1.54) is 6.92 Å². The van der Waals surface area contributed by atoms with Gasteiger partial charge in [0.05, 0.1) is 0 Å². The lowest BCUT2D eigenvalue weighted by molar-refractivity contribution is -0.123. The van der Waals surface area contributed by atoms with Crippen molar-refractivity contribution in [2.24, 2.45) is 0 Å². The summed E-state index contributed by atoms with van der Waals surface area (Å²) in [7, 11) is 0. The van der Waals surface area contributed by atoms with Gasteiger partial charge in [-0.15, -0.1) is 11.6 Å². The van der Waals surface area contributed by atoms with Crippen LogP contribution < -0.4 is 16.0 Å². The minimum absolute atomic E-state index is 0.235. The van der Waals surface area contributed by atoms with Gasteiger partial charge in [0.25, 0.3) is 0 Å². The van der Waals surface area contributed by atoms with Gasteiger partial charge < -0.3 is 10.6 Å². The Morgan fingerprint density at radius 2 is 1.76 bits per heavy atom. The molecular weight excluding hydrogens is 246 g/mol. The van der Waals surface area contributed by atoms with Crippen LogP contribution in [0.15, 0.2) is 0 Å². The number of nitrogens with one attached hydrogen (secondary N) is 3. The van der Waals surface area contributed by atoms with Gasteiger partial charge >= 0.3 is 6.03 Å². The highest BCUT2D eigenvalue weighted by Gasteiger charge is 2.26. The lowest BCUT2D eigenvalue weighted by Crippen LogP contribution is -2.51. The minimum Gasteiger partial charge on any atom is -0.352 e. The van der Waals surface area contributed by atoms with Gasteiger partial charge in [-0.3, -0.25) is 14.9 Å². The average Bonchev–Trinajstić information content (AvgIpc) is 3.00. The number of imide groups is 1. The number of amides is 4. The molecule has 1 fully saturated rings. The molecule has 2 unspecified atom stereocenters. The summed E-state index contributed by atoms with van der Waals surface area (Å²) in [6.07, 6.45) is 1.96. The number of hydrogen-bond donors (Lipinski definition) is 3. The third-order valence-electron chi connectivity index (χ3n) is 2.26. The Labute approximate surface area is 104 Å². The summed E-state index contributed by atoms with van der Waals surface area (Å²) in [4.78, 5) is 33.9. The van der Waals surface area contributed by atoms with Crippen LogP contribution in [0.4, 0.5) is 4.79 Å². The van der Waals surface area contributed by atoms with Gasteiger partial charge in [0.15, 0.2) is 0 Å². The summed E-state index contributed by atoms with van der Waals surface area (Å²) in [5.41, 5.74) is 0. The molecule has 4 amide bonds. The molecular formula is C10H16ClN3O3. The number of rotatable bonds is 4. The second-order valence-electron chi connectivity index (χ2n) is 4.08. The molecule has 6 nitrogen and oxygen atoms in total. The van der Waals surface area contributed by atoms with E-state index in [4.69, 9.17) is 11.6 Å². The van der Waals surface area contributed by atoms with Crippen LogP contribution >= 0.6 is 11.6 Å². The molecule has 17 heavy (non-hydrogen) atoms. The first-order valence-electron chi connectivity index (χ1n) is 5.46. The van der Waals surface area contributed by atoms with E-state index >= 15 is 0 Å². The zero-order valence-electron chi connectivity index (χ0n) is 9.75. The fraction of sp³-hybridized carbons (Fsp3) is 0.700. The van der Waals surface area contributed by atoms with Gasteiger partial charge in [-0.1, -0.05) is 0 Å². The van der Waals surface area contributed by atoms with Crippen molar-refractivity contribution in [3.63, 3.8) is 0 Å². The van der Waals surface area contributed by atoms with E-state index in [-0.39, 0.29) is 11.9 Å². The van der Waals surface area contributed by atoms with Crippen LogP contribution in [0.5, 0.6) is 0 Å². The molecule has 1 aliphatic carbocycles. The van der Waals surface area contributed by atoms with Crippen molar-refractivity contribution >= 4 is 29.4 Å². The molecule has 0 aromatic rings. The molecule has 0 bridgehead atoms. The highest BCUT2D eigenvalue weighted by molar-refractivity contribution is 6.31. The quantitative estimate of drug-likeness (QED) is 0.628. The molecule has 0 aromatic carbocycles. The maximum absolute atomic E-state index is 11.5. The van der Waals surface area contributed by atoms with Gasteiger partial charge in [-0.05, 0) is 26.7 Å². The number of urea groups is 1. The monoisotopic (exact) mass is 261 g/mol. The Bertz CT molecular complexity index is 329. The molecule has 2 atom stereocenters. The summed E-state index contributed by atoms with van der Waals surface area (Å²) in [6, 6.07) is -1.17. The van der Waals surface area contributed by atoms with Crippen molar-refractivity contribution in [1.29, 1.82) is 0 Å². The van der Waals surface area contributed by atoms with E-state index in [0.29, 0.717) is 0 Å². The normalized spacial score (nSPS) is 17.8. The van der Waals surface area contributed by atoms with Gasteiger partial charge in [0, 0.05) is 6.04 Å². The van der Waals surface area contributed by atoms with E-state index in [1.54, 1.807) is 6.92 Å². The van der Waals surface area contributed by atoms with Crippen molar-refractivity contribution in [3.8, 4) is 0 Å². The highest BCUT2D eigenvalue weighted by atomic mass is 35.5. The van der Waals surface area contributed by atoms with Crippen molar-refractivity contribution in [2.75, 3.05) is 0 Å².